The van der Waals surface area contributed by atoms with Gasteiger partial charge in [0.15, 0.2) is 0 Å². The normalized spacial score (nSPS) is 12.3. The Kier molecular flexibility index (Phi) is 5.76. The smallest absolute Gasteiger partial charge is 0.255 e. The Morgan fingerprint density at radius 1 is 1.42 bits per heavy atom. The summed E-state index contributed by atoms with van der Waals surface area (Å²) in [4.78, 5) is 17.7. The number of nitrogens with zero attached hydrogens (tertiary/aromatic N) is 2. The third kappa shape index (κ3) is 5.26. The number of pyridine rings is 1. The van der Waals surface area contributed by atoms with E-state index in [4.69, 9.17) is 4.74 Å². The molecule has 1 N–H and O–H groups in total. The topological polar surface area (TPSA) is 62.7 Å². The number of hydrogen-bond donors (Lipinski definition) is 1. The van der Waals surface area contributed by atoms with Crippen LogP contribution in [0.4, 0.5) is 0 Å². The molecule has 0 radical (unpaired) electrons. The van der Waals surface area contributed by atoms with Crippen molar-refractivity contribution in [3.8, 4) is 5.88 Å². The van der Waals surface area contributed by atoms with E-state index < -0.39 is 6.10 Å². The third-order valence-electron chi connectivity index (χ3n) is 2.57. The average Bonchev–Trinajstić information content (AvgIpc) is 2.35. The highest BCUT2D eigenvalue weighted by molar-refractivity contribution is 5.93. The molecule has 0 bridgehead atoms. The zero-order valence-electron chi connectivity index (χ0n) is 12.0. The highest BCUT2D eigenvalue weighted by Gasteiger charge is 2.13. The monoisotopic (exact) mass is 266 g/mol. The van der Waals surface area contributed by atoms with Gasteiger partial charge >= 0.3 is 0 Å². The van der Waals surface area contributed by atoms with Crippen LogP contribution in [0, 0.1) is 0 Å². The van der Waals surface area contributed by atoms with Crippen LogP contribution in [-0.4, -0.2) is 46.7 Å². The van der Waals surface area contributed by atoms with Gasteiger partial charge in [-0.1, -0.05) is 0 Å². The minimum atomic E-state index is -0.407. The SMILES string of the molecule is CC(O)CCN(C)C(=O)c1ccc(OC(C)C)nc1. The van der Waals surface area contributed by atoms with Crippen molar-refractivity contribution >= 4 is 5.91 Å². The van der Waals surface area contributed by atoms with Gasteiger partial charge in [-0.05, 0) is 33.3 Å². The van der Waals surface area contributed by atoms with Gasteiger partial charge in [-0.3, -0.25) is 4.79 Å². The number of hydrogen-bond acceptors (Lipinski definition) is 4. The van der Waals surface area contributed by atoms with Crippen LogP contribution in [-0.2, 0) is 0 Å². The molecule has 1 aromatic rings. The first-order valence-electron chi connectivity index (χ1n) is 6.46. The van der Waals surface area contributed by atoms with Crippen molar-refractivity contribution < 1.29 is 14.6 Å². The molecule has 0 saturated heterocycles. The minimum absolute atomic E-state index is 0.0581. The number of aromatic nitrogens is 1. The fourth-order valence-corrected chi connectivity index (χ4v) is 1.52. The molecule has 0 aliphatic heterocycles. The number of rotatable bonds is 6. The van der Waals surface area contributed by atoms with Gasteiger partial charge in [-0.25, -0.2) is 4.98 Å². The number of carbonyl (C=O) groups is 1. The predicted octanol–water partition coefficient (Wildman–Crippen LogP) is 1.71. The van der Waals surface area contributed by atoms with E-state index in [0.29, 0.717) is 24.4 Å². The average molecular weight is 266 g/mol. The molecule has 0 aliphatic carbocycles. The molecule has 0 spiro atoms. The molecule has 0 saturated carbocycles. The van der Waals surface area contributed by atoms with E-state index in [2.05, 4.69) is 4.98 Å². The lowest BCUT2D eigenvalue weighted by Gasteiger charge is -2.18. The number of aliphatic hydroxyl groups excluding tert-OH is 1. The van der Waals surface area contributed by atoms with Gasteiger partial charge in [0, 0.05) is 25.9 Å². The van der Waals surface area contributed by atoms with Crippen molar-refractivity contribution in [2.45, 2.75) is 39.4 Å². The summed E-state index contributed by atoms with van der Waals surface area (Å²) >= 11 is 0. The van der Waals surface area contributed by atoms with Crippen LogP contribution in [0.25, 0.3) is 0 Å². The first kappa shape index (κ1) is 15.4. The molecule has 1 heterocycles. The van der Waals surface area contributed by atoms with Crippen molar-refractivity contribution in [1.82, 2.24) is 9.88 Å². The van der Waals surface area contributed by atoms with Crippen LogP contribution in [0.3, 0.4) is 0 Å². The summed E-state index contributed by atoms with van der Waals surface area (Å²) in [5, 5.41) is 9.21. The molecule has 1 rings (SSSR count). The van der Waals surface area contributed by atoms with E-state index in [1.54, 1.807) is 31.0 Å². The third-order valence-corrected chi connectivity index (χ3v) is 2.57. The highest BCUT2D eigenvalue weighted by atomic mass is 16.5. The van der Waals surface area contributed by atoms with Gasteiger partial charge in [0.25, 0.3) is 5.91 Å². The van der Waals surface area contributed by atoms with Gasteiger partial charge in [-0.15, -0.1) is 0 Å². The van der Waals surface area contributed by atoms with Gasteiger partial charge in [0.1, 0.15) is 0 Å². The molecular weight excluding hydrogens is 244 g/mol. The highest BCUT2D eigenvalue weighted by Crippen LogP contribution is 2.11. The molecule has 19 heavy (non-hydrogen) atoms. The van der Waals surface area contributed by atoms with E-state index in [0.717, 1.165) is 0 Å². The van der Waals surface area contributed by atoms with Crippen molar-refractivity contribution in [2.75, 3.05) is 13.6 Å². The largest absolute Gasteiger partial charge is 0.475 e. The molecule has 1 unspecified atom stereocenters. The molecule has 106 valence electrons. The van der Waals surface area contributed by atoms with E-state index in [-0.39, 0.29) is 12.0 Å². The summed E-state index contributed by atoms with van der Waals surface area (Å²) in [5.41, 5.74) is 0.518. The van der Waals surface area contributed by atoms with Crippen LogP contribution in [0.5, 0.6) is 5.88 Å². The van der Waals surface area contributed by atoms with Crippen LogP contribution in [0.1, 0.15) is 37.6 Å². The zero-order valence-corrected chi connectivity index (χ0v) is 12.0. The van der Waals surface area contributed by atoms with Crippen LogP contribution >= 0.6 is 0 Å². The van der Waals surface area contributed by atoms with E-state index in [9.17, 15) is 9.90 Å². The minimum Gasteiger partial charge on any atom is -0.475 e. The number of ether oxygens (including phenoxy) is 1. The fourth-order valence-electron chi connectivity index (χ4n) is 1.52. The molecule has 5 heteroatoms. The fraction of sp³-hybridized carbons (Fsp3) is 0.571. The van der Waals surface area contributed by atoms with Gasteiger partial charge in [0.2, 0.25) is 5.88 Å². The maximum atomic E-state index is 12.1. The maximum absolute atomic E-state index is 12.1. The van der Waals surface area contributed by atoms with Crippen LogP contribution in [0.15, 0.2) is 18.3 Å². The lowest BCUT2D eigenvalue weighted by molar-refractivity contribution is 0.0768. The van der Waals surface area contributed by atoms with E-state index in [1.165, 1.54) is 6.20 Å². The molecule has 1 atom stereocenters. The quantitative estimate of drug-likeness (QED) is 0.851. The molecule has 0 aliphatic rings. The molecule has 0 aromatic carbocycles. The van der Waals surface area contributed by atoms with Crippen molar-refractivity contribution in [1.29, 1.82) is 0 Å². The second-order valence-corrected chi connectivity index (χ2v) is 4.92. The number of aliphatic hydroxyl groups is 1. The molecule has 5 nitrogen and oxygen atoms in total. The summed E-state index contributed by atoms with van der Waals surface area (Å²) in [7, 11) is 1.71. The first-order chi connectivity index (χ1) is 8.90. The van der Waals surface area contributed by atoms with Crippen LogP contribution < -0.4 is 4.74 Å². The number of carbonyl (C=O) groups excluding carboxylic acids is 1. The lowest BCUT2D eigenvalue weighted by atomic mass is 10.2. The van der Waals surface area contributed by atoms with Gasteiger partial charge in [-0.2, -0.15) is 0 Å². The zero-order chi connectivity index (χ0) is 14.4. The first-order valence-corrected chi connectivity index (χ1v) is 6.46. The summed E-state index contributed by atoms with van der Waals surface area (Å²) in [5.74, 6) is 0.405. The lowest BCUT2D eigenvalue weighted by Crippen LogP contribution is -2.29. The van der Waals surface area contributed by atoms with E-state index in [1.807, 2.05) is 13.8 Å². The Morgan fingerprint density at radius 2 is 2.11 bits per heavy atom. The summed E-state index contributed by atoms with van der Waals surface area (Å²) < 4.78 is 5.42. The van der Waals surface area contributed by atoms with E-state index >= 15 is 0 Å². The van der Waals surface area contributed by atoms with Crippen molar-refractivity contribution in [3.05, 3.63) is 23.9 Å². The summed E-state index contributed by atoms with van der Waals surface area (Å²) in [6.45, 7) is 6.06. The Labute approximate surface area is 114 Å². The molecule has 0 fully saturated rings. The maximum Gasteiger partial charge on any atom is 0.255 e. The second-order valence-electron chi connectivity index (χ2n) is 4.92. The van der Waals surface area contributed by atoms with Crippen molar-refractivity contribution in [2.24, 2.45) is 0 Å². The summed E-state index contributed by atoms with van der Waals surface area (Å²) in [6.07, 6.45) is 1.72. The van der Waals surface area contributed by atoms with Crippen LogP contribution in [0.2, 0.25) is 0 Å². The van der Waals surface area contributed by atoms with Gasteiger partial charge < -0.3 is 14.7 Å². The molecule has 1 amide bonds. The Hall–Kier alpha value is -1.62. The predicted molar refractivity (Wildman–Crippen MR) is 73.3 cm³/mol. The summed E-state index contributed by atoms with van der Waals surface area (Å²) in [6, 6.07) is 3.39. The molecular formula is C14H22N2O3. The molecule has 1 aromatic heterocycles. The standard InChI is InChI=1S/C14H22N2O3/c1-10(2)19-13-6-5-12(9-15-13)14(18)16(4)8-7-11(3)17/h5-6,9-11,17H,7-8H2,1-4H3. The Balaban J connectivity index is 2.61. The van der Waals surface area contributed by atoms with Crippen molar-refractivity contribution in [3.63, 3.8) is 0 Å². The Morgan fingerprint density at radius 3 is 2.58 bits per heavy atom. The Bertz CT molecular complexity index is 402. The number of amides is 1. The van der Waals surface area contributed by atoms with Gasteiger partial charge in [0.05, 0.1) is 17.8 Å². The second kappa shape index (κ2) is 7.09.